The molecule has 0 atom stereocenters. The van der Waals surface area contributed by atoms with Gasteiger partial charge in [0.15, 0.2) is 0 Å². The van der Waals surface area contributed by atoms with Gasteiger partial charge < -0.3 is 0 Å². The summed E-state index contributed by atoms with van der Waals surface area (Å²) >= 11 is 4.25. The van der Waals surface area contributed by atoms with Crippen LogP contribution in [-0.4, -0.2) is 29.8 Å². The minimum atomic E-state index is -5.00. The van der Waals surface area contributed by atoms with Gasteiger partial charge in [0.25, 0.3) is 11.8 Å². The summed E-state index contributed by atoms with van der Waals surface area (Å²) in [6.45, 7) is 0. The highest BCUT2D eigenvalue weighted by atomic mass is 32.3. The molecule has 0 aromatic heterocycles. The van der Waals surface area contributed by atoms with Gasteiger partial charge in [-0.05, 0) is 23.6 Å². The van der Waals surface area contributed by atoms with E-state index in [4.69, 9.17) is 4.55 Å². The first kappa shape index (κ1) is 14.0. The molecule has 1 N–H and O–H groups in total. The van der Waals surface area contributed by atoms with Gasteiger partial charge >= 0.3 is 10.4 Å². The number of carbonyl (C=O) groups excluding carboxylic acids is 2. The average molecular weight is 325 g/mol. The van der Waals surface area contributed by atoms with Crippen LogP contribution in [0.4, 0.5) is 0 Å². The lowest BCUT2D eigenvalue weighted by Crippen LogP contribution is -2.41. The van der Waals surface area contributed by atoms with Crippen LogP contribution in [-0.2, 0) is 14.7 Å². The zero-order valence-electron chi connectivity index (χ0n) is 10.2. The molecule has 2 aromatic carbocycles. The van der Waals surface area contributed by atoms with Gasteiger partial charge in [0.2, 0.25) is 0 Å². The molecule has 0 saturated heterocycles. The summed E-state index contributed by atoms with van der Waals surface area (Å²) in [6.07, 6.45) is 0. The fourth-order valence-electron chi connectivity index (χ4n) is 2.22. The van der Waals surface area contributed by atoms with Gasteiger partial charge in [0, 0.05) is 10.3 Å². The van der Waals surface area contributed by atoms with Crippen molar-refractivity contribution >= 4 is 45.6 Å². The summed E-state index contributed by atoms with van der Waals surface area (Å²) in [7, 11) is -5.00. The predicted octanol–water partition coefficient (Wildman–Crippen LogP) is 1.46. The Kier molecular flexibility index (Phi) is 3.02. The Morgan fingerprint density at radius 2 is 1.67 bits per heavy atom. The quantitative estimate of drug-likeness (QED) is 0.492. The zero-order chi connectivity index (χ0) is 15.4. The van der Waals surface area contributed by atoms with E-state index in [1.54, 1.807) is 18.2 Å². The molecule has 7 nitrogen and oxygen atoms in total. The molecule has 2 aromatic rings. The predicted molar refractivity (Wildman–Crippen MR) is 74.3 cm³/mol. The van der Waals surface area contributed by atoms with Crippen molar-refractivity contribution < 1.29 is 26.8 Å². The van der Waals surface area contributed by atoms with Crippen molar-refractivity contribution in [1.29, 1.82) is 0 Å². The van der Waals surface area contributed by atoms with Crippen LogP contribution in [0.1, 0.15) is 20.7 Å². The number of hydrogen-bond donors (Lipinski definition) is 2. The minimum absolute atomic E-state index is 0.0185. The smallest absolute Gasteiger partial charge is 0.266 e. The van der Waals surface area contributed by atoms with E-state index >= 15 is 0 Å². The van der Waals surface area contributed by atoms with E-state index < -0.39 is 22.2 Å². The summed E-state index contributed by atoms with van der Waals surface area (Å²) < 4.78 is 34.3. The number of amides is 2. The first-order chi connectivity index (χ1) is 9.79. The summed E-state index contributed by atoms with van der Waals surface area (Å²) in [5, 5.41) is 0.974. The number of hydrogen-bond acceptors (Lipinski definition) is 6. The van der Waals surface area contributed by atoms with Gasteiger partial charge in [-0.1, -0.05) is 12.1 Å². The van der Waals surface area contributed by atoms with Crippen LogP contribution in [0.2, 0.25) is 0 Å². The number of imide groups is 1. The van der Waals surface area contributed by atoms with Crippen molar-refractivity contribution in [2.75, 3.05) is 0 Å². The highest BCUT2D eigenvalue weighted by Gasteiger charge is 2.37. The lowest BCUT2D eigenvalue weighted by Gasteiger charge is -2.24. The molecular weight excluding hydrogens is 318 g/mol. The molecule has 1 aliphatic rings. The van der Waals surface area contributed by atoms with Crippen molar-refractivity contribution in [3.05, 3.63) is 41.5 Å². The van der Waals surface area contributed by atoms with Gasteiger partial charge in [-0.15, -0.1) is 22.0 Å². The van der Waals surface area contributed by atoms with E-state index in [9.17, 15) is 18.0 Å². The van der Waals surface area contributed by atoms with Crippen molar-refractivity contribution in [3.63, 3.8) is 0 Å². The Labute approximate surface area is 124 Å². The highest BCUT2D eigenvalue weighted by Crippen LogP contribution is 2.33. The fraction of sp³-hybridized carbons (Fsp3) is 0. The SMILES string of the molecule is O=C1c2cccc3c(S)ccc(c23)C(=O)N1OS(=O)(=O)O. The van der Waals surface area contributed by atoms with Crippen molar-refractivity contribution in [3.8, 4) is 0 Å². The van der Waals surface area contributed by atoms with Crippen LogP contribution in [0.15, 0.2) is 35.2 Å². The molecule has 2 amide bonds. The van der Waals surface area contributed by atoms with E-state index in [0.29, 0.717) is 15.7 Å². The lowest BCUT2D eigenvalue weighted by molar-refractivity contribution is -0.0217. The normalized spacial score (nSPS) is 14.9. The number of benzene rings is 2. The molecule has 0 aliphatic carbocycles. The largest absolute Gasteiger partial charge is 0.419 e. The van der Waals surface area contributed by atoms with Gasteiger partial charge in [-0.2, -0.15) is 8.42 Å². The maximum atomic E-state index is 12.2. The lowest BCUT2D eigenvalue weighted by atomic mass is 9.95. The Hall–Kier alpha value is -1.94. The van der Waals surface area contributed by atoms with Crippen LogP contribution >= 0.6 is 12.6 Å². The molecule has 1 heterocycles. The summed E-state index contributed by atoms with van der Waals surface area (Å²) in [5.74, 6) is -1.95. The Bertz CT molecular complexity index is 883. The van der Waals surface area contributed by atoms with Crippen molar-refractivity contribution in [2.45, 2.75) is 4.90 Å². The monoisotopic (exact) mass is 325 g/mol. The minimum Gasteiger partial charge on any atom is -0.266 e. The molecule has 21 heavy (non-hydrogen) atoms. The second kappa shape index (κ2) is 4.53. The number of carbonyl (C=O) groups is 2. The van der Waals surface area contributed by atoms with Crippen LogP contribution in [0.3, 0.4) is 0 Å². The molecule has 0 spiro atoms. The molecule has 3 rings (SSSR count). The second-order valence-electron chi connectivity index (χ2n) is 4.27. The van der Waals surface area contributed by atoms with Gasteiger partial charge in [-0.25, -0.2) is 0 Å². The van der Waals surface area contributed by atoms with Crippen LogP contribution < -0.4 is 0 Å². The molecule has 0 radical (unpaired) electrons. The van der Waals surface area contributed by atoms with Crippen LogP contribution in [0, 0.1) is 0 Å². The topological polar surface area (TPSA) is 101 Å². The van der Waals surface area contributed by atoms with E-state index in [0.717, 1.165) is 0 Å². The molecule has 1 aliphatic heterocycles. The summed E-state index contributed by atoms with van der Waals surface area (Å²) in [6, 6.07) is 7.63. The third-order valence-corrected chi connectivity index (χ3v) is 3.74. The zero-order valence-corrected chi connectivity index (χ0v) is 11.9. The van der Waals surface area contributed by atoms with E-state index in [1.807, 2.05) is 0 Å². The van der Waals surface area contributed by atoms with E-state index in [1.165, 1.54) is 12.1 Å². The number of nitrogens with zero attached hydrogens (tertiary/aromatic N) is 1. The third kappa shape index (κ3) is 2.20. The second-order valence-corrected chi connectivity index (χ2v) is 5.75. The Morgan fingerprint density at radius 1 is 1.05 bits per heavy atom. The first-order valence-corrected chi connectivity index (χ1v) is 7.41. The maximum absolute atomic E-state index is 12.2. The van der Waals surface area contributed by atoms with Gasteiger partial charge in [-0.3, -0.25) is 14.1 Å². The Balaban J connectivity index is 2.30. The third-order valence-electron chi connectivity index (χ3n) is 3.02. The molecular formula is C12H7NO6S2. The highest BCUT2D eigenvalue weighted by molar-refractivity contribution is 7.81. The van der Waals surface area contributed by atoms with Crippen molar-refractivity contribution in [1.82, 2.24) is 5.06 Å². The Morgan fingerprint density at radius 3 is 2.29 bits per heavy atom. The fourth-order valence-corrected chi connectivity index (χ4v) is 2.81. The van der Waals surface area contributed by atoms with Crippen molar-refractivity contribution in [2.24, 2.45) is 0 Å². The molecule has 0 bridgehead atoms. The molecule has 0 unspecified atom stereocenters. The van der Waals surface area contributed by atoms with Gasteiger partial charge in [0.05, 0.1) is 11.1 Å². The van der Waals surface area contributed by atoms with Crippen LogP contribution in [0.25, 0.3) is 10.8 Å². The standard InChI is InChI=1S/C12H7NO6S2/c14-11-7-3-1-2-6-9(20)5-4-8(10(6)7)12(15)13(11)19-21(16,17)18/h1-5,20H,(H,16,17,18). The maximum Gasteiger partial charge on any atom is 0.419 e. The molecule has 0 saturated carbocycles. The summed E-state index contributed by atoms with van der Waals surface area (Å²) in [4.78, 5) is 24.9. The van der Waals surface area contributed by atoms with E-state index in [-0.39, 0.29) is 16.2 Å². The molecule has 9 heteroatoms. The number of thiol groups is 1. The van der Waals surface area contributed by atoms with Gasteiger partial charge in [0.1, 0.15) is 0 Å². The number of rotatable bonds is 2. The number of hydroxylamine groups is 2. The average Bonchev–Trinajstić information content (AvgIpc) is 2.41. The first-order valence-electron chi connectivity index (χ1n) is 5.60. The van der Waals surface area contributed by atoms with Crippen LogP contribution in [0.5, 0.6) is 0 Å². The molecule has 0 fully saturated rings. The molecule has 108 valence electrons. The summed E-state index contributed by atoms with van der Waals surface area (Å²) in [5.41, 5.74) is 0.170. The van der Waals surface area contributed by atoms with E-state index in [2.05, 4.69) is 16.9 Å².